The van der Waals surface area contributed by atoms with Gasteiger partial charge in [0.2, 0.25) is 0 Å². The van der Waals surface area contributed by atoms with Crippen molar-refractivity contribution in [1.29, 1.82) is 15.8 Å². The highest BCUT2D eigenvalue weighted by Gasteiger charge is 2.41. The second-order valence-electron chi connectivity index (χ2n) is 3.54. The maximum atomic E-state index is 13.7. The van der Waals surface area contributed by atoms with Crippen LogP contribution in [0.2, 0.25) is 0 Å². The summed E-state index contributed by atoms with van der Waals surface area (Å²) in [7, 11) is 0. The Kier molecular flexibility index (Phi) is 4.31. The molecule has 1 aliphatic rings. The number of hydrogen-bond donors (Lipinski definition) is 0. The highest BCUT2D eigenvalue weighted by atomic mass is 19.2. The van der Waals surface area contributed by atoms with Gasteiger partial charge in [-0.25, -0.2) is 17.6 Å². The standard InChI is InChI=1S/C13H3F4N3/c1-2-6(3-18)8-10(14)12(16)9(7(4-19)5-20)13(17)11(8)15/h1,7,9H. The van der Waals surface area contributed by atoms with E-state index in [0.717, 1.165) is 0 Å². The normalized spacial score (nSPS) is 18.2. The van der Waals surface area contributed by atoms with Crippen LogP contribution in [0.3, 0.4) is 0 Å². The van der Waals surface area contributed by atoms with E-state index in [1.54, 1.807) is 5.92 Å². The minimum Gasteiger partial charge on any atom is -0.208 e. The summed E-state index contributed by atoms with van der Waals surface area (Å²) in [6.45, 7) is 0. The molecule has 0 atom stereocenters. The van der Waals surface area contributed by atoms with Gasteiger partial charge in [-0.05, 0) is 0 Å². The first kappa shape index (κ1) is 15.0. The van der Waals surface area contributed by atoms with Crippen LogP contribution >= 0.6 is 0 Å². The van der Waals surface area contributed by atoms with Crippen molar-refractivity contribution < 1.29 is 17.6 Å². The Morgan fingerprint density at radius 3 is 1.75 bits per heavy atom. The third-order valence-electron chi connectivity index (χ3n) is 2.52. The summed E-state index contributed by atoms with van der Waals surface area (Å²) < 4.78 is 54.9. The molecule has 3 nitrogen and oxygen atoms in total. The molecule has 0 aromatic rings. The molecule has 7 heteroatoms. The van der Waals surface area contributed by atoms with Gasteiger partial charge < -0.3 is 0 Å². The second kappa shape index (κ2) is 5.74. The molecule has 0 N–H and O–H groups in total. The zero-order valence-corrected chi connectivity index (χ0v) is 9.59. The van der Waals surface area contributed by atoms with Crippen molar-refractivity contribution in [2.75, 3.05) is 0 Å². The lowest BCUT2D eigenvalue weighted by Gasteiger charge is -2.21. The van der Waals surface area contributed by atoms with Crippen LogP contribution in [0.5, 0.6) is 0 Å². The Balaban J connectivity index is 3.67. The van der Waals surface area contributed by atoms with E-state index in [1.165, 1.54) is 18.2 Å². The Morgan fingerprint density at radius 1 is 1.00 bits per heavy atom. The summed E-state index contributed by atoms with van der Waals surface area (Å²) in [5.41, 5.74) is -2.26. The Bertz CT molecular complexity index is 659. The van der Waals surface area contributed by atoms with Gasteiger partial charge in [0.15, 0.2) is 11.7 Å². The maximum Gasteiger partial charge on any atom is 0.167 e. The van der Waals surface area contributed by atoms with E-state index < -0.39 is 46.3 Å². The summed E-state index contributed by atoms with van der Waals surface area (Å²) in [5.74, 6) is -10.1. The molecule has 0 bridgehead atoms. The average Bonchev–Trinajstić information content (AvgIpc) is 2.46. The summed E-state index contributed by atoms with van der Waals surface area (Å²) in [4.78, 5) is 0. The predicted octanol–water partition coefficient (Wildman–Crippen LogP) is 3.03. The molecule has 1 rings (SSSR count). The van der Waals surface area contributed by atoms with Crippen molar-refractivity contribution in [2.45, 2.75) is 0 Å². The van der Waals surface area contributed by atoms with Crippen molar-refractivity contribution in [3.63, 3.8) is 0 Å². The van der Waals surface area contributed by atoms with Gasteiger partial charge in [-0.1, -0.05) is 5.92 Å². The minimum absolute atomic E-state index is 0.936. The van der Waals surface area contributed by atoms with Crippen LogP contribution in [0.4, 0.5) is 17.6 Å². The predicted molar refractivity (Wildman–Crippen MR) is 58.2 cm³/mol. The number of halogens is 4. The molecule has 0 amide bonds. The average molecular weight is 277 g/mol. The summed E-state index contributed by atoms with van der Waals surface area (Å²) in [6.07, 6.45) is 4.82. The number of allylic oxidation sites excluding steroid dienone is 6. The lowest BCUT2D eigenvalue weighted by molar-refractivity contribution is 0.350. The fourth-order valence-corrected chi connectivity index (χ4v) is 1.57. The summed E-state index contributed by atoms with van der Waals surface area (Å²) in [6, 6.07) is 3.69. The lowest BCUT2D eigenvalue weighted by atomic mass is 9.85. The van der Waals surface area contributed by atoms with Crippen LogP contribution in [0.15, 0.2) is 34.5 Å². The highest BCUT2D eigenvalue weighted by molar-refractivity contribution is 5.59. The highest BCUT2D eigenvalue weighted by Crippen LogP contribution is 2.45. The zero-order chi connectivity index (χ0) is 15.4. The van der Waals surface area contributed by atoms with Gasteiger partial charge in [-0.3, -0.25) is 0 Å². The fraction of sp³-hybridized carbons (Fsp3) is 0.154. The molecule has 1 aliphatic carbocycles. The molecule has 0 saturated carbocycles. The van der Waals surface area contributed by atoms with Crippen molar-refractivity contribution >= 4 is 0 Å². The van der Waals surface area contributed by atoms with E-state index in [4.69, 9.17) is 22.2 Å². The van der Waals surface area contributed by atoms with Crippen LogP contribution in [-0.2, 0) is 0 Å². The molecule has 0 saturated heterocycles. The van der Waals surface area contributed by atoms with Crippen molar-refractivity contribution in [3.8, 4) is 30.6 Å². The zero-order valence-electron chi connectivity index (χ0n) is 9.59. The number of terminal acetylenes is 1. The Labute approximate surface area is 111 Å². The molecule has 0 aliphatic heterocycles. The molecular formula is C13H3F4N3. The third-order valence-corrected chi connectivity index (χ3v) is 2.52. The van der Waals surface area contributed by atoms with E-state index in [2.05, 4.69) is 0 Å². The first-order valence-corrected chi connectivity index (χ1v) is 4.95. The van der Waals surface area contributed by atoms with E-state index in [1.807, 2.05) is 0 Å². The van der Waals surface area contributed by atoms with Gasteiger partial charge in [-0.15, -0.1) is 6.42 Å². The molecule has 98 valence electrons. The molecule has 0 aromatic carbocycles. The number of hydrogen-bond acceptors (Lipinski definition) is 3. The smallest absolute Gasteiger partial charge is 0.167 e. The summed E-state index contributed by atoms with van der Waals surface area (Å²) >= 11 is 0. The summed E-state index contributed by atoms with van der Waals surface area (Å²) in [5, 5.41) is 25.7. The van der Waals surface area contributed by atoms with Gasteiger partial charge >= 0.3 is 0 Å². The molecule has 20 heavy (non-hydrogen) atoms. The van der Waals surface area contributed by atoms with Crippen molar-refractivity contribution in [2.24, 2.45) is 11.8 Å². The molecule has 0 heterocycles. The molecular weight excluding hydrogens is 274 g/mol. The van der Waals surface area contributed by atoms with Gasteiger partial charge in [0.05, 0.1) is 23.6 Å². The largest absolute Gasteiger partial charge is 0.208 e. The Morgan fingerprint density at radius 2 is 1.45 bits per heavy atom. The fourth-order valence-electron chi connectivity index (χ4n) is 1.57. The Hall–Kier alpha value is -3.03. The van der Waals surface area contributed by atoms with E-state index in [-0.39, 0.29) is 0 Å². The second-order valence-corrected chi connectivity index (χ2v) is 3.54. The first-order valence-electron chi connectivity index (χ1n) is 4.95. The van der Waals surface area contributed by atoms with Gasteiger partial charge in [0.25, 0.3) is 0 Å². The van der Waals surface area contributed by atoms with E-state index in [9.17, 15) is 17.6 Å². The van der Waals surface area contributed by atoms with Crippen LogP contribution in [0.1, 0.15) is 0 Å². The number of nitrogens with zero attached hydrogens (tertiary/aromatic N) is 3. The van der Waals surface area contributed by atoms with Crippen molar-refractivity contribution in [3.05, 3.63) is 34.5 Å². The minimum atomic E-state index is -2.31. The van der Waals surface area contributed by atoms with Crippen molar-refractivity contribution in [1.82, 2.24) is 0 Å². The quantitative estimate of drug-likeness (QED) is 0.420. The van der Waals surface area contributed by atoms with Crippen LogP contribution in [0.25, 0.3) is 0 Å². The van der Waals surface area contributed by atoms with Crippen LogP contribution < -0.4 is 0 Å². The number of nitriles is 3. The van der Waals surface area contributed by atoms with E-state index in [0.29, 0.717) is 0 Å². The van der Waals surface area contributed by atoms with E-state index >= 15 is 0 Å². The molecule has 0 spiro atoms. The molecule has 0 unspecified atom stereocenters. The molecule has 0 radical (unpaired) electrons. The van der Waals surface area contributed by atoms with Crippen LogP contribution in [-0.4, -0.2) is 0 Å². The topological polar surface area (TPSA) is 71.4 Å². The van der Waals surface area contributed by atoms with Gasteiger partial charge in [0, 0.05) is 0 Å². The first-order chi connectivity index (χ1) is 9.44. The van der Waals surface area contributed by atoms with Crippen LogP contribution in [0, 0.1) is 58.2 Å². The third kappa shape index (κ3) is 2.14. The molecule has 0 aromatic heterocycles. The SMILES string of the molecule is C#CC(C#N)=C1C(F)=C(F)C(C(C#N)C#N)C(F)=C1F. The molecule has 0 fully saturated rings. The monoisotopic (exact) mass is 277 g/mol. The van der Waals surface area contributed by atoms with Gasteiger partial charge in [-0.2, -0.15) is 15.8 Å². The number of rotatable bonds is 1. The van der Waals surface area contributed by atoms with Gasteiger partial charge in [0.1, 0.15) is 29.2 Å². The lowest BCUT2D eigenvalue weighted by Crippen LogP contribution is -2.20. The maximum absolute atomic E-state index is 13.7.